The highest BCUT2D eigenvalue weighted by atomic mass is 16.8. The molecule has 3 heterocycles. The predicted octanol–water partition coefficient (Wildman–Crippen LogP) is -6.31. The van der Waals surface area contributed by atoms with E-state index < -0.39 is 99.0 Å². The Kier molecular flexibility index (Phi) is 10.7. The van der Waals surface area contributed by atoms with Crippen molar-refractivity contribution in [3.63, 3.8) is 0 Å². The van der Waals surface area contributed by atoms with Gasteiger partial charge in [-0.05, 0) is 13.5 Å². The van der Waals surface area contributed by atoms with Gasteiger partial charge in [0, 0.05) is 13.0 Å². The largest absolute Gasteiger partial charge is 0.394 e. The molecule has 13 N–H and O–H groups in total. The van der Waals surface area contributed by atoms with E-state index in [9.17, 15) is 25.2 Å². The Hall–Kier alpha value is -1.09. The molecule has 0 aliphatic carbocycles. The molecule has 3 fully saturated rings. The molecule has 36 heavy (non-hydrogen) atoms. The van der Waals surface area contributed by atoms with Gasteiger partial charge >= 0.3 is 0 Å². The lowest BCUT2D eigenvalue weighted by atomic mass is 9.90. The normalized spacial score (nSPS) is 42.9. The number of ether oxygens (including phenoxy) is 5. The van der Waals surface area contributed by atoms with E-state index in [0.29, 0.717) is 0 Å². The van der Waals surface area contributed by atoms with E-state index in [4.69, 9.17) is 46.0 Å². The van der Waals surface area contributed by atoms with E-state index >= 15 is 0 Å². The van der Waals surface area contributed by atoms with Gasteiger partial charge in [-0.1, -0.05) is 0 Å². The second-order valence-electron chi connectivity index (χ2n) is 9.11. The highest BCUT2D eigenvalue weighted by Crippen LogP contribution is 2.34. The maximum Gasteiger partial charge on any atom is 0.239 e. The Morgan fingerprint density at radius 2 is 1.86 bits per heavy atom. The van der Waals surface area contributed by atoms with Crippen molar-refractivity contribution < 1.29 is 54.0 Å². The van der Waals surface area contributed by atoms with E-state index in [1.165, 1.54) is 0 Å². The zero-order valence-corrected chi connectivity index (χ0v) is 20.0. The molecule has 3 aliphatic heterocycles. The molecule has 3 saturated heterocycles. The molecule has 3 aliphatic rings. The van der Waals surface area contributed by atoms with Gasteiger partial charge in [-0.2, -0.15) is 0 Å². The molecule has 16 heteroatoms. The second-order valence-corrected chi connectivity index (χ2v) is 9.11. The highest BCUT2D eigenvalue weighted by Gasteiger charge is 2.52. The number of carbonyl (C=O) groups is 1. The Morgan fingerprint density at radius 3 is 2.47 bits per heavy atom. The molecule has 0 aromatic rings. The van der Waals surface area contributed by atoms with Crippen LogP contribution in [0.15, 0.2) is 0 Å². The quantitative estimate of drug-likeness (QED) is 0.119. The van der Waals surface area contributed by atoms with Gasteiger partial charge in [0.25, 0.3) is 0 Å². The zero-order chi connectivity index (χ0) is 26.6. The van der Waals surface area contributed by atoms with Gasteiger partial charge in [-0.15, -0.1) is 0 Å². The first-order valence-corrected chi connectivity index (χ1v) is 11.9. The molecule has 0 aromatic carbocycles. The third-order valence-corrected chi connectivity index (χ3v) is 6.52. The van der Waals surface area contributed by atoms with Crippen molar-refractivity contribution in [3.8, 4) is 0 Å². The Labute approximate surface area is 207 Å². The molecule has 210 valence electrons. The molecular weight excluding hydrogens is 486 g/mol. The maximum absolute atomic E-state index is 12.0. The average molecular weight is 526 g/mol. The second kappa shape index (κ2) is 13.1. The Bertz CT molecular complexity index is 709. The summed E-state index contributed by atoms with van der Waals surface area (Å²) < 4.78 is 28.7. The van der Waals surface area contributed by atoms with Crippen molar-refractivity contribution in [3.05, 3.63) is 0 Å². The van der Waals surface area contributed by atoms with E-state index in [1.54, 1.807) is 7.05 Å². The highest BCUT2D eigenvalue weighted by molar-refractivity contribution is 5.81. The summed E-state index contributed by atoms with van der Waals surface area (Å²) in [6, 6.07) is -3.48. The monoisotopic (exact) mass is 525 g/mol. The molecule has 0 aromatic heterocycles. The number of likely N-dealkylation sites (N-methyl/N-ethyl adjacent to an activating group) is 1. The summed E-state index contributed by atoms with van der Waals surface area (Å²) in [6.07, 6.45) is -9.42. The summed E-state index contributed by atoms with van der Waals surface area (Å²) in [5.74, 6) is -0.661. The van der Waals surface area contributed by atoms with Crippen LogP contribution >= 0.6 is 0 Å². The van der Waals surface area contributed by atoms with Gasteiger partial charge in [-0.25, -0.2) is 0 Å². The molecular formula is C20H39N5O11. The van der Waals surface area contributed by atoms with E-state index in [-0.39, 0.29) is 19.4 Å². The number of nitrogens with two attached hydrogens (primary N) is 3. The van der Waals surface area contributed by atoms with Crippen LogP contribution in [0.4, 0.5) is 0 Å². The van der Waals surface area contributed by atoms with Crippen LogP contribution < -0.4 is 27.8 Å². The summed E-state index contributed by atoms with van der Waals surface area (Å²) in [4.78, 5) is 12.0. The number of amides is 1. The van der Waals surface area contributed by atoms with E-state index in [1.807, 2.05) is 0 Å². The van der Waals surface area contributed by atoms with Crippen LogP contribution in [0.2, 0.25) is 0 Å². The number of hydrogen-bond donors (Lipinski definition) is 10. The van der Waals surface area contributed by atoms with E-state index in [0.717, 1.165) is 0 Å². The molecule has 0 saturated carbocycles. The van der Waals surface area contributed by atoms with Crippen LogP contribution in [0.1, 0.15) is 12.8 Å². The van der Waals surface area contributed by atoms with Crippen LogP contribution in [0, 0.1) is 0 Å². The minimum Gasteiger partial charge on any atom is -0.394 e. The molecule has 0 bridgehead atoms. The molecule has 3 rings (SSSR count). The van der Waals surface area contributed by atoms with E-state index in [2.05, 4.69) is 10.6 Å². The summed E-state index contributed by atoms with van der Waals surface area (Å²) in [5, 5.41) is 55.6. The van der Waals surface area contributed by atoms with Gasteiger partial charge < -0.3 is 77.1 Å². The van der Waals surface area contributed by atoms with Crippen molar-refractivity contribution in [2.24, 2.45) is 17.2 Å². The molecule has 0 spiro atoms. The van der Waals surface area contributed by atoms with Crippen LogP contribution in [0.3, 0.4) is 0 Å². The number of carbonyl (C=O) groups excluding carboxylic acids is 1. The van der Waals surface area contributed by atoms with Gasteiger partial charge in [0.05, 0.1) is 37.4 Å². The number of aliphatic hydroxyl groups is 5. The van der Waals surface area contributed by atoms with Crippen molar-refractivity contribution in [2.75, 3.05) is 26.8 Å². The minimum atomic E-state index is -1.28. The molecule has 13 atom stereocenters. The van der Waals surface area contributed by atoms with Gasteiger partial charge in [0.1, 0.15) is 30.5 Å². The fourth-order valence-corrected chi connectivity index (χ4v) is 4.51. The standard InChI is InChI=1S/C20H39N5O11/c1-24-14-15(30)16-11(2-7(22)18(35-16)34-13(29)4-21)32-20(14)36-19-10(28)3-9(12(6-27)33-19)25-17(31)8(23)5-26/h7-16,18-20,24,26-30H,2-6,21-23H2,1H3,(H,25,31)/t7?,8-,9-,10?,11-,12?,13?,14?,15?,16?,18-,19+,20?/m0/s1. The zero-order valence-electron chi connectivity index (χ0n) is 20.0. The number of fused-ring (bicyclic) bond motifs is 1. The number of hydrogen-bond acceptors (Lipinski definition) is 15. The number of rotatable bonds is 10. The van der Waals surface area contributed by atoms with Crippen LogP contribution in [-0.4, -0.2) is 138 Å². The number of nitrogens with one attached hydrogen (secondary N) is 2. The fraction of sp³-hybridized carbons (Fsp3) is 0.950. The molecule has 0 radical (unpaired) electrons. The van der Waals surface area contributed by atoms with Gasteiger partial charge in [0.2, 0.25) is 5.91 Å². The SMILES string of the molecule is CNC1C(O[C@H]2OC(CO)[C@@H](NC(=O)[C@@H](N)CO)CC2O)O[C@H]2CC(N)[C@@H](OC(O)CN)OC2C1O. The van der Waals surface area contributed by atoms with Crippen LogP contribution in [0.5, 0.6) is 0 Å². The Morgan fingerprint density at radius 1 is 1.14 bits per heavy atom. The Balaban J connectivity index is 1.65. The summed E-state index contributed by atoms with van der Waals surface area (Å²) in [6.45, 7) is -1.23. The minimum absolute atomic E-state index is 0.0399. The number of aliphatic hydroxyl groups excluding tert-OH is 5. The predicted molar refractivity (Wildman–Crippen MR) is 119 cm³/mol. The summed E-state index contributed by atoms with van der Waals surface area (Å²) in [5.41, 5.74) is 17.0. The van der Waals surface area contributed by atoms with Crippen LogP contribution in [-0.2, 0) is 28.5 Å². The summed E-state index contributed by atoms with van der Waals surface area (Å²) >= 11 is 0. The fourth-order valence-electron chi connectivity index (χ4n) is 4.51. The van der Waals surface area contributed by atoms with Crippen molar-refractivity contribution in [1.82, 2.24) is 10.6 Å². The molecule has 16 nitrogen and oxygen atoms in total. The van der Waals surface area contributed by atoms with Crippen molar-refractivity contribution in [2.45, 2.75) is 92.7 Å². The van der Waals surface area contributed by atoms with Crippen molar-refractivity contribution >= 4 is 5.91 Å². The van der Waals surface area contributed by atoms with Crippen molar-refractivity contribution in [1.29, 1.82) is 0 Å². The first-order valence-electron chi connectivity index (χ1n) is 11.9. The smallest absolute Gasteiger partial charge is 0.239 e. The van der Waals surface area contributed by atoms with Gasteiger partial charge in [0.15, 0.2) is 25.2 Å². The van der Waals surface area contributed by atoms with Gasteiger partial charge in [-0.3, -0.25) is 4.79 Å². The lowest BCUT2D eigenvalue weighted by Crippen LogP contribution is -2.69. The van der Waals surface area contributed by atoms with Crippen LogP contribution in [0.25, 0.3) is 0 Å². The molecule has 1 amide bonds. The third kappa shape index (κ3) is 6.66. The molecule has 8 unspecified atom stereocenters. The lowest BCUT2D eigenvalue weighted by Gasteiger charge is -2.50. The first kappa shape index (κ1) is 29.5. The summed E-state index contributed by atoms with van der Waals surface area (Å²) in [7, 11) is 1.57. The average Bonchev–Trinajstić information content (AvgIpc) is 2.85. The third-order valence-electron chi connectivity index (χ3n) is 6.52. The maximum atomic E-state index is 12.0. The first-order chi connectivity index (χ1) is 17.1. The lowest BCUT2D eigenvalue weighted by molar-refractivity contribution is -0.369. The topological polar surface area (TPSA) is 266 Å².